The number of alkyl halides is 1. The number of pyridine rings is 1. The summed E-state index contributed by atoms with van der Waals surface area (Å²) in [5.74, 6) is 0.945. The fourth-order valence-corrected chi connectivity index (χ4v) is 3.59. The van der Waals surface area contributed by atoms with Crippen LogP contribution in [0.4, 0.5) is 10.2 Å². The summed E-state index contributed by atoms with van der Waals surface area (Å²) < 4.78 is 19.2. The third kappa shape index (κ3) is 2.77. The summed E-state index contributed by atoms with van der Waals surface area (Å²) in [5, 5.41) is 2.82. The van der Waals surface area contributed by atoms with Crippen molar-refractivity contribution < 1.29 is 13.9 Å². The highest BCUT2D eigenvalue weighted by Gasteiger charge is 2.51. The van der Waals surface area contributed by atoms with Crippen molar-refractivity contribution in [2.75, 3.05) is 24.6 Å². The summed E-state index contributed by atoms with van der Waals surface area (Å²) in [6, 6.07) is 1.94. The van der Waals surface area contributed by atoms with Crippen LogP contribution in [-0.4, -0.2) is 42.9 Å². The Labute approximate surface area is 141 Å². The maximum absolute atomic E-state index is 13.3. The Morgan fingerprint density at radius 1 is 1.46 bits per heavy atom. The molecule has 1 aromatic rings. The smallest absolute Gasteiger partial charge is 0.253 e. The van der Waals surface area contributed by atoms with Crippen LogP contribution in [0.25, 0.3) is 0 Å². The number of ether oxygens (including phenoxy) is 1. The lowest BCUT2D eigenvalue weighted by molar-refractivity contribution is 0.00763. The van der Waals surface area contributed by atoms with Crippen molar-refractivity contribution in [1.82, 2.24) is 10.3 Å². The summed E-state index contributed by atoms with van der Waals surface area (Å²) in [6.07, 6.45) is 2.03. The van der Waals surface area contributed by atoms with Gasteiger partial charge in [-0.25, -0.2) is 9.37 Å². The van der Waals surface area contributed by atoms with E-state index in [-0.39, 0.29) is 17.4 Å². The molecule has 2 aliphatic heterocycles. The molecular weight excluding hydrogens is 309 g/mol. The van der Waals surface area contributed by atoms with E-state index in [1.165, 1.54) is 0 Å². The standard InChI is InChI=1S/C18H24FN3O2/c1-11-7-13-14(9-20-17(13)23)21-16(11)22-5-3-12(4-6-22)24-10-18(2)8-15(18)19/h7,12,15H,3-6,8-10H2,1-2H3,(H,20,23)/t15-,18+/m0/s1. The number of fused-ring (bicyclic) bond motifs is 1. The predicted molar refractivity (Wildman–Crippen MR) is 89.0 cm³/mol. The third-order valence-electron chi connectivity index (χ3n) is 5.56. The number of amides is 1. The molecule has 2 atom stereocenters. The number of anilines is 1. The van der Waals surface area contributed by atoms with E-state index in [1.807, 2.05) is 19.9 Å². The molecule has 130 valence electrons. The Hall–Kier alpha value is -1.69. The molecule has 1 aliphatic carbocycles. The van der Waals surface area contributed by atoms with Crippen LogP contribution < -0.4 is 10.2 Å². The van der Waals surface area contributed by atoms with Gasteiger partial charge in [0.2, 0.25) is 0 Å². The van der Waals surface area contributed by atoms with Crippen molar-refractivity contribution in [3.8, 4) is 0 Å². The van der Waals surface area contributed by atoms with Crippen molar-refractivity contribution in [3.05, 3.63) is 22.9 Å². The zero-order chi connectivity index (χ0) is 16.9. The average molecular weight is 333 g/mol. The molecule has 6 heteroatoms. The van der Waals surface area contributed by atoms with E-state index in [4.69, 9.17) is 9.72 Å². The molecule has 1 aromatic heterocycles. The molecule has 2 fully saturated rings. The van der Waals surface area contributed by atoms with Gasteiger partial charge in [0.25, 0.3) is 5.91 Å². The van der Waals surface area contributed by atoms with Crippen molar-refractivity contribution in [2.24, 2.45) is 5.41 Å². The molecule has 0 spiro atoms. The zero-order valence-corrected chi connectivity index (χ0v) is 14.3. The highest BCUT2D eigenvalue weighted by Crippen LogP contribution is 2.48. The number of piperidine rings is 1. The van der Waals surface area contributed by atoms with Crippen LogP contribution >= 0.6 is 0 Å². The van der Waals surface area contributed by atoms with Crippen LogP contribution in [0, 0.1) is 12.3 Å². The second kappa shape index (κ2) is 5.69. The number of hydrogen-bond donors (Lipinski definition) is 1. The monoisotopic (exact) mass is 333 g/mol. The molecule has 3 heterocycles. The highest BCUT2D eigenvalue weighted by atomic mass is 19.1. The van der Waals surface area contributed by atoms with Gasteiger partial charge in [-0.05, 0) is 37.8 Å². The van der Waals surface area contributed by atoms with Gasteiger partial charge in [-0.1, -0.05) is 6.92 Å². The van der Waals surface area contributed by atoms with Gasteiger partial charge in [0, 0.05) is 18.5 Å². The number of nitrogens with one attached hydrogen (secondary N) is 1. The Morgan fingerprint density at radius 2 is 2.17 bits per heavy atom. The molecule has 1 saturated carbocycles. The molecule has 0 aromatic carbocycles. The van der Waals surface area contributed by atoms with Gasteiger partial charge in [0.05, 0.1) is 30.5 Å². The van der Waals surface area contributed by atoms with Crippen LogP contribution in [0.2, 0.25) is 0 Å². The van der Waals surface area contributed by atoms with Crippen molar-refractivity contribution in [2.45, 2.75) is 51.9 Å². The molecule has 0 bridgehead atoms. The fraction of sp³-hybridized carbons (Fsp3) is 0.667. The second-order valence-corrected chi connectivity index (χ2v) is 7.63. The molecule has 1 N–H and O–H groups in total. The number of aromatic nitrogens is 1. The van der Waals surface area contributed by atoms with Gasteiger partial charge in [-0.15, -0.1) is 0 Å². The summed E-state index contributed by atoms with van der Waals surface area (Å²) in [5.41, 5.74) is 2.34. The second-order valence-electron chi connectivity index (χ2n) is 7.63. The molecule has 4 rings (SSSR count). The van der Waals surface area contributed by atoms with Crippen LogP contribution in [0.1, 0.15) is 47.8 Å². The van der Waals surface area contributed by atoms with E-state index in [0.717, 1.165) is 43.0 Å². The lowest BCUT2D eigenvalue weighted by atomic mass is 10.1. The van der Waals surface area contributed by atoms with Crippen LogP contribution in [0.15, 0.2) is 6.07 Å². The fourth-order valence-electron chi connectivity index (χ4n) is 3.59. The Balaban J connectivity index is 1.37. The summed E-state index contributed by atoms with van der Waals surface area (Å²) in [6.45, 7) is 6.78. The van der Waals surface area contributed by atoms with Crippen molar-refractivity contribution in [1.29, 1.82) is 0 Å². The van der Waals surface area contributed by atoms with E-state index in [1.54, 1.807) is 0 Å². The lowest BCUT2D eigenvalue weighted by Crippen LogP contribution is -2.38. The molecule has 1 amide bonds. The Morgan fingerprint density at radius 3 is 2.83 bits per heavy atom. The number of carbonyl (C=O) groups excluding carboxylic acids is 1. The molecule has 1 saturated heterocycles. The first kappa shape index (κ1) is 15.8. The van der Waals surface area contributed by atoms with Crippen molar-refractivity contribution in [3.63, 3.8) is 0 Å². The number of halogens is 1. The van der Waals surface area contributed by atoms with Crippen LogP contribution in [-0.2, 0) is 11.3 Å². The number of nitrogens with zero attached hydrogens (tertiary/aromatic N) is 2. The van der Waals surface area contributed by atoms with E-state index < -0.39 is 6.17 Å². The topological polar surface area (TPSA) is 54.5 Å². The molecule has 5 nitrogen and oxygen atoms in total. The minimum atomic E-state index is -0.688. The number of aryl methyl sites for hydroxylation is 1. The van der Waals surface area contributed by atoms with Gasteiger partial charge in [-0.2, -0.15) is 0 Å². The van der Waals surface area contributed by atoms with Crippen LogP contribution in [0.3, 0.4) is 0 Å². The van der Waals surface area contributed by atoms with E-state index in [2.05, 4.69) is 10.2 Å². The van der Waals surface area contributed by atoms with Gasteiger partial charge in [0.1, 0.15) is 12.0 Å². The molecule has 0 unspecified atom stereocenters. The summed E-state index contributed by atoms with van der Waals surface area (Å²) in [7, 11) is 0. The van der Waals surface area contributed by atoms with Crippen LogP contribution in [0.5, 0.6) is 0 Å². The normalized spacial score (nSPS) is 29.5. The number of rotatable bonds is 4. The first-order valence-electron chi connectivity index (χ1n) is 8.75. The summed E-state index contributed by atoms with van der Waals surface area (Å²) >= 11 is 0. The highest BCUT2D eigenvalue weighted by molar-refractivity contribution is 5.98. The Bertz CT molecular complexity index is 672. The SMILES string of the molecule is Cc1cc2c(nc1N1CCC(OC[C@@]3(C)C[C@@H]3F)CC1)CNC2=O. The predicted octanol–water partition coefficient (Wildman–Crippen LogP) is 2.37. The summed E-state index contributed by atoms with van der Waals surface area (Å²) in [4.78, 5) is 18.7. The number of carbonyl (C=O) groups is 1. The maximum atomic E-state index is 13.3. The zero-order valence-electron chi connectivity index (χ0n) is 14.3. The first-order chi connectivity index (χ1) is 11.5. The maximum Gasteiger partial charge on any atom is 0.253 e. The van der Waals surface area contributed by atoms with E-state index in [0.29, 0.717) is 25.1 Å². The molecule has 24 heavy (non-hydrogen) atoms. The quantitative estimate of drug-likeness (QED) is 0.919. The first-order valence-corrected chi connectivity index (χ1v) is 8.75. The van der Waals surface area contributed by atoms with Gasteiger partial charge >= 0.3 is 0 Å². The molecule has 0 radical (unpaired) electrons. The lowest BCUT2D eigenvalue weighted by Gasteiger charge is -2.34. The van der Waals surface area contributed by atoms with Crippen molar-refractivity contribution >= 4 is 11.7 Å². The van der Waals surface area contributed by atoms with E-state index >= 15 is 0 Å². The molecular formula is C18H24FN3O2. The number of hydrogen-bond acceptors (Lipinski definition) is 4. The molecule has 3 aliphatic rings. The van der Waals surface area contributed by atoms with Gasteiger partial charge in [0.15, 0.2) is 0 Å². The average Bonchev–Trinajstić information content (AvgIpc) is 3.02. The Kier molecular flexibility index (Phi) is 3.75. The third-order valence-corrected chi connectivity index (χ3v) is 5.56. The minimum Gasteiger partial charge on any atom is -0.377 e. The van der Waals surface area contributed by atoms with Gasteiger partial charge in [-0.3, -0.25) is 4.79 Å². The van der Waals surface area contributed by atoms with E-state index in [9.17, 15) is 9.18 Å². The van der Waals surface area contributed by atoms with Gasteiger partial charge < -0.3 is 15.0 Å². The largest absolute Gasteiger partial charge is 0.377 e. The minimum absolute atomic E-state index is 0.0287.